The lowest BCUT2D eigenvalue weighted by atomic mass is 9.74. The minimum Gasteiger partial charge on any atom is -0.466 e. The average molecular weight is 394 g/mol. The number of Topliss-reactive ketones (excluding diaryl/α,β-unsaturated/α-hetero) is 1. The number of hydrogen-bond donors (Lipinski definition) is 1. The van der Waals surface area contributed by atoms with Gasteiger partial charge in [0.25, 0.3) is 5.91 Å². The number of carbonyl (C=O) groups is 3. The number of ketones is 1. The Morgan fingerprint density at radius 3 is 2.55 bits per heavy atom. The molecule has 0 spiro atoms. The highest BCUT2D eigenvalue weighted by Crippen LogP contribution is 2.46. The fourth-order valence-electron chi connectivity index (χ4n) is 4.60. The summed E-state index contributed by atoms with van der Waals surface area (Å²) in [5.74, 6) is -1.01. The SMILES string of the molecule is COC(=O)C1=C2C(=O)NCCN2C2=C(C(=O)CCC2)[C@@H]1c1ccc(C(C)C)cc1. The summed E-state index contributed by atoms with van der Waals surface area (Å²) in [7, 11) is 1.31. The molecule has 1 atom stereocenters. The van der Waals surface area contributed by atoms with E-state index in [4.69, 9.17) is 4.74 Å². The molecule has 0 aromatic heterocycles. The molecule has 2 heterocycles. The molecule has 3 aliphatic rings. The Morgan fingerprint density at radius 2 is 1.90 bits per heavy atom. The van der Waals surface area contributed by atoms with Crippen molar-refractivity contribution in [3.05, 3.63) is 57.9 Å². The molecule has 0 unspecified atom stereocenters. The van der Waals surface area contributed by atoms with Gasteiger partial charge in [0.15, 0.2) is 5.78 Å². The first-order valence-electron chi connectivity index (χ1n) is 10.2. The van der Waals surface area contributed by atoms with Crippen molar-refractivity contribution < 1.29 is 19.1 Å². The molecule has 1 fully saturated rings. The number of rotatable bonds is 3. The summed E-state index contributed by atoms with van der Waals surface area (Å²) in [5, 5.41) is 2.84. The van der Waals surface area contributed by atoms with Gasteiger partial charge in [0.2, 0.25) is 0 Å². The largest absolute Gasteiger partial charge is 0.466 e. The zero-order chi connectivity index (χ0) is 20.7. The molecule has 1 aromatic carbocycles. The summed E-state index contributed by atoms with van der Waals surface area (Å²) in [6.45, 7) is 5.27. The normalized spacial score (nSPS) is 21.8. The number of allylic oxidation sites excluding steroid dienone is 2. The van der Waals surface area contributed by atoms with Gasteiger partial charge >= 0.3 is 5.97 Å². The van der Waals surface area contributed by atoms with E-state index >= 15 is 0 Å². The maximum Gasteiger partial charge on any atom is 0.337 e. The van der Waals surface area contributed by atoms with Gasteiger partial charge in [0.1, 0.15) is 5.70 Å². The van der Waals surface area contributed by atoms with Crippen LogP contribution < -0.4 is 5.32 Å². The molecule has 152 valence electrons. The standard InChI is InChI=1S/C23H26N2O4/c1-13(2)14-7-9-15(10-8-14)18-19-16(5-4-6-17(19)26)25-12-11-24-22(27)21(25)20(18)23(28)29-3/h7-10,13,18H,4-6,11-12H2,1-3H3,(H,24,27)/t18-/m0/s1. The highest BCUT2D eigenvalue weighted by atomic mass is 16.5. The van der Waals surface area contributed by atoms with Crippen molar-refractivity contribution in [2.45, 2.75) is 44.9 Å². The van der Waals surface area contributed by atoms with Crippen LogP contribution in [-0.2, 0) is 19.1 Å². The number of esters is 1. The molecule has 1 amide bonds. The summed E-state index contributed by atoms with van der Waals surface area (Å²) >= 11 is 0. The van der Waals surface area contributed by atoms with Crippen LogP contribution in [0.3, 0.4) is 0 Å². The van der Waals surface area contributed by atoms with Crippen molar-refractivity contribution in [2.75, 3.05) is 20.2 Å². The van der Waals surface area contributed by atoms with Crippen LogP contribution >= 0.6 is 0 Å². The smallest absolute Gasteiger partial charge is 0.337 e. The van der Waals surface area contributed by atoms with Gasteiger partial charge in [-0.3, -0.25) is 9.59 Å². The molecule has 6 heteroatoms. The van der Waals surface area contributed by atoms with Crippen LogP contribution in [0.25, 0.3) is 0 Å². The Bertz CT molecular complexity index is 940. The van der Waals surface area contributed by atoms with Crippen molar-refractivity contribution >= 4 is 17.7 Å². The van der Waals surface area contributed by atoms with Gasteiger partial charge in [-0.05, 0) is 29.9 Å². The van der Waals surface area contributed by atoms with Crippen molar-refractivity contribution in [3.8, 4) is 0 Å². The molecule has 1 aromatic rings. The summed E-state index contributed by atoms with van der Waals surface area (Å²) in [5.41, 5.74) is 4.13. The van der Waals surface area contributed by atoms with E-state index in [1.165, 1.54) is 12.7 Å². The van der Waals surface area contributed by atoms with Gasteiger partial charge in [-0.2, -0.15) is 0 Å². The molecule has 0 bridgehead atoms. The Hall–Kier alpha value is -2.89. The van der Waals surface area contributed by atoms with Crippen LogP contribution in [0.4, 0.5) is 0 Å². The van der Waals surface area contributed by atoms with Gasteiger partial charge in [-0.15, -0.1) is 0 Å². The number of hydrogen-bond acceptors (Lipinski definition) is 5. The Kier molecular flexibility index (Phi) is 5.03. The molecule has 2 aliphatic heterocycles. The zero-order valence-corrected chi connectivity index (χ0v) is 17.1. The molecule has 1 saturated heterocycles. The second kappa shape index (κ2) is 7.50. The second-order valence-corrected chi connectivity index (χ2v) is 8.05. The molecule has 1 aliphatic carbocycles. The van der Waals surface area contributed by atoms with E-state index in [0.29, 0.717) is 36.7 Å². The molecule has 0 saturated carbocycles. The van der Waals surface area contributed by atoms with E-state index in [1.807, 2.05) is 29.2 Å². The third-order valence-electron chi connectivity index (χ3n) is 6.03. The van der Waals surface area contributed by atoms with Crippen LogP contribution in [0.2, 0.25) is 0 Å². The van der Waals surface area contributed by atoms with E-state index < -0.39 is 11.9 Å². The van der Waals surface area contributed by atoms with Crippen molar-refractivity contribution in [1.82, 2.24) is 10.2 Å². The summed E-state index contributed by atoms with van der Waals surface area (Å²) < 4.78 is 5.08. The maximum atomic E-state index is 13.0. The Morgan fingerprint density at radius 1 is 1.17 bits per heavy atom. The van der Waals surface area contributed by atoms with Crippen LogP contribution in [0, 0.1) is 0 Å². The van der Waals surface area contributed by atoms with Crippen molar-refractivity contribution in [1.29, 1.82) is 0 Å². The zero-order valence-electron chi connectivity index (χ0n) is 17.1. The Balaban J connectivity index is 1.95. The number of carbonyl (C=O) groups excluding carboxylic acids is 3. The molecule has 29 heavy (non-hydrogen) atoms. The fourth-order valence-corrected chi connectivity index (χ4v) is 4.60. The van der Waals surface area contributed by atoms with Crippen LogP contribution in [0.1, 0.15) is 56.1 Å². The minimum absolute atomic E-state index is 0.0515. The highest BCUT2D eigenvalue weighted by molar-refractivity contribution is 6.09. The number of amides is 1. The first kappa shape index (κ1) is 19.4. The first-order valence-corrected chi connectivity index (χ1v) is 10.2. The number of piperazine rings is 1. The second-order valence-electron chi connectivity index (χ2n) is 8.05. The lowest BCUT2D eigenvalue weighted by molar-refractivity contribution is -0.137. The first-order chi connectivity index (χ1) is 13.9. The van der Waals surface area contributed by atoms with Gasteiger partial charge in [0, 0.05) is 36.7 Å². The maximum absolute atomic E-state index is 13.0. The van der Waals surface area contributed by atoms with Gasteiger partial charge in [0.05, 0.1) is 12.7 Å². The topological polar surface area (TPSA) is 75.7 Å². The van der Waals surface area contributed by atoms with Crippen LogP contribution in [-0.4, -0.2) is 42.8 Å². The van der Waals surface area contributed by atoms with Gasteiger partial charge in [-0.1, -0.05) is 38.1 Å². The van der Waals surface area contributed by atoms with Crippen molar-refractivity contribution in [2.24, 2.45) is 0 Å². The molecule has 4 rings (SSSR count). The van der Waals surface area contributed by atoms with Crippen molar-refractivity contribution in [3.63, 3.8) is 0 Å². The van der Waals surface area contributed by atoms with E-state index in [2.05, 4.69) is 19.2 Å². The fraction of sp³-hybridized carbons (Fsp3) is 0.435. The van der Waals surface area contributed by atoms with E-state index in [1.54, 1.807) is 0 Å². The molecular weight excluding hydrogens is 368 g/mol. The summed E-state index contributed by atoms with van der Waals surface area (Å²) in [6, 6.07) is 7.99. The Labute approximate surface area is 170 Å². The van der Waals surface area contributed by atoms with E-state index in [0.717, 1.165) is 24.1 Å². The lowest BCUT2D eigenvalue weighted by Crippen LogP contribution is -2.50. The summed E-state index contributed by atoms with van der Waals surface area (Å²) in [6.07, 6.45) is 1.95. The predicted octanol–water partition coefficient (Wildman–Crippen LogP) is 2.77. The highest BCUT2D eigenvalue weighted by Gasteiger charge is 2.45. The number of ether oxygens (including phenoxy) is 1. The minimum atomic E-state index is -0.582. The average Bonchev–Trinajstić information content (AvgIpc) is 2.73. The van der Waals surface area contributed by atoms with Gasteiger partial charge < -0.3 is 15.0 Å². The molecule has 6 nitrogen and oxygen atoms in total. The number of benzene rings is 1. The quantitative estimate of drug-likeness (QED) is 0.798. The van der Waals surface area contributed by atoms with Gasteiger partial charge in [-0.25, -0.2) is 4.79 Å². The predicted molar refractivity (Wildman–Crippen MR) is 108 cm³/mol. The number of nitrogens with zero attached hydrogens (tertiary/aromatic N) is 1. The number of methoxy groups -OCH3 is 1. The molecule has 1 N–H and O–H groups in total. The van der Waals surface area contributed by atoms with Crippen LogP contribution in [0.5, 0.6) is 0 Å². The summed E-state index contributed by atoms with van der Waals surface area (Å²) in [4.78, 5) is 40.6. The molecular formula is C23H26N2O4. The third-order valence-corrected chi connectivity index (χ3v) is 6.03. The third kappa shape index (κ3) is 3.16. The number of fused-ring (bicyclic) bond motifs is 2. The van der Waals surface area contributed by atoms with E-state index in [9.17, 15) is 14.4 Å². The number of nitrogens with one attached hydrogen (secondary N) is 1. The lowest BCUT2D eigenvalue weighted by Gasteiger charge is -2.43. The van der Waals surface area contributed by atoms with Crippen LogP contribution in [0.15, 0.2) is 46.8 Å². The van der Waals surface area contributed by atoms with E-state index in [-0.39, 0.29) is 17.3 Å². The molecule has 0 radical (unpaired) electrons. The monoisotopic (exact) mass is 394 g/mol.